The van der Waals surface area contributed by atoms with Crippen molar-refractivity contribution in [2.24, 2.45) is 5.73 Å². The lowest BCUT2D eigenvalue weighted by Gasteiger charge is -2.13. The molecule has 0 amide bonds. The Balaban J connectivity index is 1.86. The highest BCUT2D eigenvalue weighted by Gasteiger charge is 2.09. The first-order valence-corrected chi connectivity index (χ1v) is 7.93. The molecule has 0 heterocycles. The highest BCUT2D eigenvalue weighted by molar-refractivity contribution is 5.67. The van der Waals surface area contributed by atoms with E-state index in [0.717, 1.165) is 28.0 Å². The van der Waals surface area contributed by atoms with E-state index in [1.165, 1.54) is 6.07 Å². The third-order valence-electron chi connectivity index (χ3n) is 3.95. The van der Waals surface area contributed by atoms with Crippen LogP contribution in [0.25, 0.3) is 11.1 Å². The zero-order valence-electron chi connectivity index (χ0n) is 13.6. The molecular weight excluding hydrogens is 301 g/mol. The fraction of sp³-hybridized carbons (Fsp3) is 0.143. The number of hydrogen-bond acceptors (Lipinski definition) is 2. The van der Waals surface area contributed by atoms with Gasteiger partial charge in [-0.05, 0) is 42.3 Å². The van der Waals surface area contributed by atoms with Gasteiger partial charge >= 0.3 is 0 Å². The van der Waals surface area contributed by atoms with Crippen LogP contribution in [0.5, 0.6) is 5.75 Å². The summed E-state index contributed by atoms with van der Waals surface area (Å²) < 4.78 is 20.0. The molecule has 24 heavy (non-hydrogen) atoms. The second-order valence-corrected chi connectivity index (χ2v) is 5.78. The third kappa shape index (κ3) is 3.63. The first-order chi connectivity index (χ1) is 11.7. The van der Waals surface area contributed by atoms with Crippen molar-refractivity contribution in [3.63, 3.8) is 0 Å². The number of benzene rings is 3. The quantitative estimate of drug-likeness (QED) is 0.730. The van der Waals surface area contributed by atoms with E-state index in [0.29, 0.717) is 18.7 Å². The van der Waals surface area contributed by atoms with Crippen LogP contribution in [0.4, 0.5) is 4.39 Å². The summed E-state index contributed by atoms with van der Waals surface area (Å²) in [6.07, 6.45) is 0. The minimum Gasteiger partial charge on any atom is -0.489 e. The average molecular weight is 321 g/mol. The Kier molecular flexibility index (Phi) is 4.92. The normalized spacial score (nSPS) is 10.6. The predicted molar refractivity (Wildman–Crippen MR) is 95.2 cm³/mol. The van der Waals surface area contributed by atoms with Crippen LogP contribution in [0.3, 0.4) is 0 Å². The maximum absolute atomic E-state index is 14.1. The minimum atomic E-state index is -0.235. The molecule has 2 nitrogen and oxygen atoms in total. The molecule has 0 saturated heterocycles. The lowest BCUT2D eigenvalue weighted by molar-refractivity contribution is 0.303. The molecule has 0 atom stereocenters. The number of hydrogen-bond donors (Lipinski definition) is 1. The van der Waals surface area contributed by atoms with Crippen molar-refractivity contribution in [3.8, 4) is 16.9 Å². The topological polar surface area (TPSA) is 35.2 Å². The standard InChI is InChI=1S/C21H20FNO/c1-15-7-9-20(22)19(11-15)17-8-10-21(18(12-17)13-23)24-14-16-5-3-2-4-6-16/h2-12H,13-14,23H2,1H3. The summed E-state index contributed by atoms with van der Waals surface area (Å²) in [5.41, 5.74) is 10.2. The molecular formula is C21H20FNO. The number of halogens is 1. The van der Waals surface area contributed by atoms with Crippen LogP contribution in [-0.2, 0) is 13.2 Å². The van der Waals surface area contributed by atoms with Gasteiger partial charge in [-0.2, -0.15) is 0 Å². The molecule has 0 aliphatic heterocycles. The van der Waals surface area contributed by atoms with Gasteiger partial charge in [0.1, 0.15) is 18.2 Å². The Labute approximate surface area is 141 Å². The summed E-state index contributed by atoms with van der Waals surface area (Å²) in [5.74, 6) is 0.500. The average Bonchev–Trinajstić information content (AvgIpc) is 2.62. The Morgan fingerprint density at radius 3 is 2.50 bits per heavy atom. The number of ether oxygens (including phenoxy) is 1. The Morgan fingerprint density at radius 2 is 1.75 bits per heavy atom. The molecule has 0 aliphatic carbocycles. The fourth-order valence-electron chi connectivity index (χ4n) is 2.64. The first-order valence-electron chi connectivity index (χ1n) is 7.93. The third-order valence-corrected chi connectivity index (χ3v) is 3.95. The molecule has 0 radical (unpaired) electrons. The summed E-state index contributed by atoms with van der Waals surface area (Å²) in [7, 11) is 0. The van der Waals surface area contributed by atoms with Crippen molar-refractivity contribution in [3.05, 3.63) is 89.2 Å². The van der Waals surface area contributed by atoms with E-state index < -0.39 is 0 Å². The number of aryl methyl sites for hydroxylation is 1. The zero-order chi connectivity index (χ0) is 16.9. The highest BCUT2D eigenvalue weighted by Crippen LogP contribution is 2.29. The maximum Gasteiger partial charge on any atom is 0.131 e. The van der Waals surface area contributed by atoms with Crippen molar-refractivity contribution in [1.29, 1.82) is 0 Å². The van der Waals surface area contributed by atoms with E-state index in [1.54, 1.807) is 6.07 Å². The van der Waals surface area contributed by atoms with Crippen LogP contribution in [0.15, 0.2) is 66.7 Å². The number of rotatable bonds is 5. The SMILES string of the molecule is Cc1ccc(F)c(-c2ccc(OCc3ccccc3)c(CN)c2)c1. The summed E-state index contributed by atoms with van der Waals surface area (Å²) >= 11 is 0. The Bertz CT molecular complexity index is 830. The highest BCUT2D eigenvalue weighted by atomic mass is 19.1. The van der Waals surface area contributed by atoms with Crippen molar-refractivity contribution in [1.82, 2.24) is 0 Å². The van der Waals surface area contributed by atoms with Gasteiger partial charge in [0.05, 0.1) is 0 Å². The van der Waals surface area contributed by atoms with Gasteiger partial charge in [-0.15, -0.1) is 0 Å². The van der Waals surface area contributed by atoms with E-state index in [1.807, 2.05) is 61.5 Å². The molecule has 0 unspecified atom stereocenters. The number of nitrogens with two attached hydrogens (primary N) is 1. The van der Waals surface area contributed by atoms with Crippen LogP contribution in [0.2, 0.25) is 0 Å². The lowest BCUT2D eigenvalue weighted by atomic mass is 10.00. The molecule has 122 valence electrons. The zero-order valence-corrected chi connectivity index (χ0v) is 13.6. The summed E-state index contributed by atoms with van der Waals surface area (Å²) in [6.45, 7) is 2.77. The molecule has 0 spiro atoms. The molecule has 3 heteroatoms. The van der Waals surface area contributed by atoms with Crippen LogP contribution in [-0.4, -0.2) is 0 Å². The van der Waals surface area contributed by atoms with Gasteiger partial charge < -0.3 is 10.5 Å². The van der Waals surface area contributed by atoms with Crippen molar-refractivity contribution in [2.75, 3.05) is 0 Å². The maximum atomic E-state index is 14.1. The lowest BCUT2D eigenvalue weighted by Crippen LogP contribution is -2.03. The monoisotopic (exact) mass is 321 g/mol. The van der Waals surface area contributed by atoms with E-state index in [9.17, 15) is 4.39 Å². The molecule has 3 aromatic carbocycles. The van der Waals surface area contributed by atoms with Gasteiger partial charge in [0.25, 0.3) is 0 Å². The van der Waals surface area contributed by atoms with Crippen molar-refractivity contribution in [2.45, 2.75) is 20.1 Å². The molecule has 0 bridgehead atoms. The predicted octanol–water partition coefficient (Wildman–Crippen LogP) is 4.84. The second kappa shape index (κ2) is 7.28. The fourth-order valence-corrected chi connectivity index (χ4v) is 2.64. The first kappa shape index (κ1) is 16.2. The molecule has 3 aromatic rings. The van der Waals surface area contributed by atoms with Gasteiger partial charge in [-0.25, -0.2) is 4.39 Å². The van der Waals surface area contributed by atoms with Gasteiger partial charge in [0.2, 0.25) is 0 Å². The van der Waals surface area contributed by atoms with Crippen LogP contribution in [0.1, 0.15) is 16.7 Å². The minimum absolute atomic E-state index is 0.235. The molecule has 2 N–H and O–H groups in total. The van der Waals surface area contributed by atoms with Crippen molar-refractivity contribution < 1.29 is 9.13 Å². The van der Waals surface area contributed by atoms with Crippen LogP contribution >= 0.6 is 0 Å². The van der Waals surface area contributed by atoms with Gasteiger partial charge in [-0.3, -0.25) is 0 Å². The summed E-state index contributed by atoms with van der Waals surface area (Å²) in [5, 5.41) is 0. The van der Waals surface area contributed by atoms with E-state index in [2.05, 4.69) is 0 Å². The van der Waals surface area contributed by atoms with Crippen LogP contribution < -0.4 is 10.5 Å². The van der Waals surface area contributed by atoms with E-state index >= 15 is 0 Å². The Hall–Kier alpha value is -2.65. The molecule has 3 rings (SSSR count). The smallest absolute Gasteiger partial charge is 0.131 e. The summed E-state index contributed by atoms with van der Waals surface area (Å²) in [6, 6.07) is 20.7. The second-order valence-electron chi connectivity index (χ2n) is 5.78. The van der Waals surface area contributed by atoms with Gasteiger partial charge in [0.15, 0.2) is 0 Å². The van der Waals surface area contributed by atoms with Crippen LogP contribution in [0, 0.1) is 12.7 Å². The van der Waals surface area contributed by atoms with Crippen molar-refractivity contribution >= 4 is 0 Å². The van der Waals surface area contributed by atoms with E-state index in [-0.39, 0.29) is 5.82 Å². The Morgan fingerprint density at radius 1 is 0.958 bits per heavy atom. The van der Waals surface area contributed by atoms with Gasteiger partial charge in [0, 0.05) is 17.7 Å². The summed E-state index contributed by atoms with van der Waals surface area (Å²) in [4.78, 5) is 0. The molecule has 0 aliphatic rings. The van der Waals surface area contributed by atoms with E-state index in [4.69, 9.17) is 10.5 Å². The molecule has 0 saturated carbocycles. The molecule has 0 fully saturated rings. The largest absolute Gasteiger partial charge is 0.489 e. The van der Waals surface area contributed by atoms with Gasteiger partial charge in [-0.1, -0.05) is 48.0 Å². The molecule has 0 aromatic heterocycles.